The highest BCUT2D eigenvalue weighted by Gasteiger charge is 2.54. The minimum Gasteiger partial charge on any atom is -0.333 e. The van der Waals surface area contributed by atoms with E-state index in [0.717, 1.165) is 5.56 Å². The molecule has 2 aliphatic rings. The second kappa shape index (κ2) is 4.85. The van der Waals surface area contributed by atoms with Gasteiger partial charge in [-0.1, -0.05) is 29.3 Å². The summed E-state index contributed by atoms with van der Waals surface area (Å²) in [6.07, 6.45) is 1.38. The van der Waals surface area contributed by atoms with Crippen LogP contribution >= 0.6 is 23.2 Å². The number of halogens is 4. The molecule has 6 heteroatoms. The van der Waals surface area contributed by atoms with Gasteiger partial charge >= 0.3 is 5.92 Å². The number of hydrogen-bond acceptors (Lipinski definition) is 1. The second-order valence-corrected chi connectivity index (χ2v) is 6.16. The van der Waals surface area contributed by atoms with E-state index in [9.17, 15) is 13.6 Å². The topological polar surface area (TPSA) is 20.3 Å². The molecule has 1 aliphatic heterocycles. The first-order valence-corrected chi connectivity index (χ1v) is 7.30. The molecule has 1 aromatic rings. The molecule has 0 saturated heterocycles. The van der Waals surface area contributed by atoms with Crippen LogP contribution in [0.15, 0.2) is 12.1 Å². The number of hydrogen-bond donors (Lipinski definition) is 0. The van der Waals surface area contributed by atoms with Crippen molar-refractivity contribution in [1.29, 1.82) is 0 Å². The van der Waals surface area contributed by atoms with Crippen LogP contribution in [0.4, 0.5) is 8.78 Å². The molecule has 1 amide bonds. The van der Waals surface area contributed by atoms with Crippen LogP contribution in [0.5, 0.6) is 0 Å². The van der Waals surface area contributed by atoms with E-state index in [1.54, 1.807) is 6.07 Å². The quantitative estimate of drug-likeness (QED) is 0.809. The summed E-state index contributed by atoms with van der Waals surface area (Å²) in [6.45, 7) is 0.405. The molecule has 0 unspecified atom stereocenters. The van der Waals surface area contributed by atoms with Gasteiger partial charge in [-0.05, 0) is 36.5 Å². The number of alkyl halides is 2. The SMILES string of the molecule is O=C(N1CCc2ccc(Cl)c(Cl)c2C1)C(F)(F)C1CC1. The first-order chi connectivity index (χ1) is 9.41. The number of rotatable bonds is 2. The largest absolute Gasteiger partial charge is 0.333 e. The number of fused-ring (bicyclic) bond motifs is 1. The number of carbonyl (C=O) groups is 1. The van der Waals surface area contributed by atoms with Crippen molar-refractivity contribution in [2.24, 2.45) is 5.92 Å². The summed E-state index contributed by atoms with van der Waals surface area (Å²) in [6, 6.07) is 3.53. The van der Waals surface area contributed by atoms with Crippen molar-refractivity contribution in [2.75, 3.05) is 6.54 Å². The highest BCUT2D eigenvalue weighted by Crippen LogP contribution is 2.45. The van der Waals surface area contributed by atoms with Crippen molar-refractivity contribution >= 4 is 29.1 Å². The molecule has 0 aromatic heterocycles. The van der Waals surface area contributed by atoms with Crippen LogP contribution in [-0.4, -0.2) is 23.3 Å². The first kappa shape index (κ1) is 14.1. The average Bonchev–Trinajstić information content (AvgIpc) is 3.27. The predicted molar refractivity (Wildman–Crippen MR) is 73.3 cm³/mol. The Morgan fingerprint density at radius 1 is 1.30 bits per heavy atom. The fourth-order valence-electron chi connectivity index (χ4n) is 2.57. The van der Waals surface area contributed by atoms with E-state index in [4.69, 9.17) is 23.2 Å². The van der Waals surface area contributed by atoms with Gasteiger partial charge in [-0.15, -0.1) is 0 Å². The molecule has 0 bridgehead atoms. The molecule has 20 heavy (non-hydrogen) atoms. The van der Waals surface area contributed by atoms with Crippen molar-refractivity contribution < 1.29 is 13.6 Å². The molecule has 0 atom stereocenters. The lowest BCUT2D eigenvalue weighted by molar-refractivity contribution is -0.161. The first-order valence-electron chi connectivity index (χ1n) is 6.54. The maximum Gasteiger partial charge on any atom is 0.327 e. The molecule has 3 rings (SSSR count). The molecule has 108 valence electrons. The van der Waals surface area contributed by atoms with Crippen LogP contribution < -0.4 is 0 Å². The van der Waals surface area contributed by atoms with Crippen molar-refractivity contribution in [3.63, 3.8) is 0 Å². The Labute approximate surface area is 125 Å². The normalized spacial score (nSPS) is 18.9. The third kappa shape index (κ3) is 2.29. The minimum atomic E-state index is -3.25. The van der Waals surface area contributed by atoms with E-state index in [1.165, 1.54) is 4.90 Å². The van der Waals surface area contributed by atoms with Gasteiger partial charge < -0.3 is 4.90 Å². The van der Waals surface area contributed by atoms with E-state index in [1.807, 2.05) is 6.07 Å². The van der Waals surface area contributed by atoms with Crippen molar-refractivity contribution in [1.82, 2.24) is 4.90 Å². The van der Waals surface area contributed by atoms with Crippen molar-refractivity contribution in [3.8, 4) is 0 Å². The van der Waals surface area contributed by atoms with Crippen LogP contribution in [0.3, 0.4) is 0 Å². The lowest BCUT2D eigenvalue weighted by atomic mass is 9.99. The maximum absolute atomic E-state index is 13.9. The van der Waals surface area contributed by atoms with Gasteiger partial charge in [0.1, 0.15) is 0 Å². The second-order valence-electron chi connectivity index (χ2n) is 5.37. The Bertz CT molecular complexity index is 573. The molecule has 1 aliphatic carbocycles. The van der Waals surface area contributed by atoms with Gasteiger partial charge in [-0.2, -0.15) is 8.78 Å². The molecule has 1 saturated carbocycles. The van der Waals surface area contributed by atoms with Crippen LogP contribution in [0, 0.1) is 5.92 Å². The zero-order valence-electron chi connectivity index (χ0n) is 10.6. The number of carbonyl (C=O) groups excluding carboxylic acids is 1. The molecule has 1 heterocycles. The molecule has 0 spiro atoms. The van der Waals surface area contributed by atoms with Gasteiger partial charge in [0.15, 0.2) is 0 Å². The Balaban J connectivity index is 1.85. The fourth-order valence-corrected chi connectivity index (χ4v) is 2.99. The van der Waals surface area contributed by atoms with E-state index in [0.29, 0.717) is 41.4 Å². The summed E-state index contributed by atoms with van der Waals surface area (Å²) in [4.78, 5) is 13.2. The van der Waals surface area contributed by atoms with E-state index < -0.39 is 17.7 Å². The Hall–Kier alpha value is -0.870. The predicted octanol–water partition coefficient (Wildman–Crippen LogP) is 3.92. The molecule has 0 N–H and O–H groups in total. The third-order valence-corrected chi connectivity index (χ3v) is 4.80. The highest BCUT2D eigenvalue weighted by atomic mass is 35.5. The number of amides is 1. The zero-order valence-corrected chi connectivity index (χ0v) is 12.1. The van der Waals surface area contributed by atoms with Gasteiger partial charge in [0.25, 0.3) is 5.91 Å². The summed E-state index contributed by atoms with van der Waals surface area (Å²) >= 11 is 12.1. The van der Waals surface area contributed by atoms with Crippen LogP contribution in [-0.2, 0) is 17.8 Å². The van der Waals surface area contributed by atoms with Gasteiger partial charge in [0.2, 0.25) is 0 Å². The summed E-state index contributed by atoms with van der Waals surface area (Å²) in [5.41, 5.74) is 1.66. The Kier molecular flexibility index (Phi) is 3.41. The molecule has 2 nitrogen and oxygen atoms in total. The summed E-state index contributed by atoms with van der Waals surface area (Å²) in [7, 11) is 0. The standard InChI is InChI=1S/C14H13Cl2F2NO/c15-11-4-1-8-5-6-19(7-10(8)12(11)16)13(20)14(17,18)9-2-3-9/h1,4,9H,2-3,5-7H2. The van der Waals surface area contributed by atoms with Crippen LogP contribution in [0.25, 0.3) is 0 Å². The third-order valence-electron chi connectivity index (χ3n) is 3.96. The van der Waals surface area contributed by atoms with Gasteiger partial charge in [-0.25, -0.2) is 0 Å². The number of benzene rings is 1. The van der Waals surface area contributed by atoms with Gasteiger partial charge in [0.05, 0.1) is 10.0 Å². The maximum atomic E-state index is 13.9. The average molecular weight is 320 g/mol. The number of nitrogens with zero attached hydrogens (tertiary/aromatic N) is 1. The Morgan fingerprint density at radius 3 is 2.65 bits per heavy atom. The summed E-state index contributed by atoms with van der Waals surface area (Å²) in [5.74, 6) is -5.12. The van der Waals surface area contributed by atoms with Crippen molar-refractivity contribution in [3.05, 3.63) is 33.3 Å². The van der Waals surface area contributed by atoms with Crippen molar-refractivity contribution in [2.45, 2.75) is 31.7 Å². The Morgan fingerprint density at radius 2 is 2.00 bits per heavy atom. The highest BCUT2D eigenvalue weighted by molar-refractivity contribution is 6.42. The molecule has 1 aromatic carbocycles. The van der Waals surface area contributed by atoms with Crippen LogP contribution in [0.1, 0.15) is 24.0 Å². The van der Waals surface area contributed by atoms with E-state index in [2.05, 4.69) is 0 Å². The minimum absolute atomic E-state index is 0.107. The monoisotopic (exact) mass is 319 g/mol. The van der Waals surface area contributed by atoms with Gasteiger partial charge in [0, 0.05) is 19.0 Å². The fraction of sp³-hybridized carbons (Fsp3) is 0.500. The molecule has 0 radical (unpaired) electrons. The molecule has 1 fully saturated rings. The van der Waals surface area contributed by atoms with Crippen LogP contribution in [0.2, 0.25) is 10.0 Å². The lowest BCUT2D eigenvalue weighted by Gasteiger charge is -2.32. The molecular formula is C14H13Cl2F2NO. The smallest absolute Gasteiger partial charge is 0.327 e. The summed E-state index contributed by atoms with van der Waals surface area (Å²) < 4.78 is 27.8. The lowest BCUT2D eigenvalue weighted by Crippen LogP contribution is -2.46. The summed E-state index contributed by atoms with van der Waals surface area (Å²) in [5, 5.41) is 0.741. The zero-order chi connectivity index (χ0) is 14.5. The molecular weight excluding hydrogens is 307 g/mol. The van der Waals surface area contributed by atoms with E-state index in [-0.39, 0.29) is 6.54 Å². The van der Waals surface area contributed by atoms with Gasteiger partial charge in [-0.3, -0.25) is 4.79 Å². The van der Waals surface area contributed by atoms with E-state index >= 15 is 0 Å².